The number of hydrazone groups is 1. The number of aromatic hydroxyl groups is 1. The van der Waals surface area contributed by atoms with Crippen molar-refractivity contribution in [3.05, 3.63) is 41.1 Å². The molecular formula is C15H18N4O2. The van der Waals surface area contributed by atoms with Crippen LogP contribution in [0.3, 0.4) is 0 Å². The van der Waals surface area contributed by atoms with Gasteiger partial charge in [0.1, 0.15) is 0 Å². The summed E-state index contributed by atoms with van der Waals surface area (Å²) in [4.78, 5) is 11.7. The number of aromatic nitrogens is 2. The lowest BCUT2D eigenvalue weighted by Gasteiger charge is -2.00. The van der Waals surface area contributed by atoms with Crippen molar-refractivity contribution in [3.8, 4) is 5.88 Å². The van der Waals surface area contributed by atoms with Gasteiger partial charge in [-0.2, -0.15) is 10.2 Å². The number of aryl methyl sites for hydroxylation is 2. The molecule has 0 saturated heterocycles. The second kappa shape index (κ2) is 5.78. The fraction of sp³-hybridized carbons (Fsp3) is 0.267. The molecular weight excluding hydrogens is 268 g/mol. The molecule has 0 spiro atoms. The fourth-order valence-electron chi connectivity index (χ4n) is 2.07. The smallest absolute Gasteiger partial charge is 0.275 e. The van der Waals surface area contributed by atoms with Crippen molar-refractivity contribution in [2.45, 2.75) is 13.8 Å². The molecule has 1 aromatic rings. The van der Waals surface area contributed by atoms with Gasteiger partial charge in [-0.15, -0.1) is 0 Å². The minimum atomic E-state index is -0.109. The molecule has 110 valence electrons. The highest BCUT2D eigenvalue weighted by Crippen LogP contribution is 2.20. The van der Waals surface area contributed by atoms with Crippen LogP contribution in [0.5, 0.6) is 5.88 Å². The number of carbonyl (C=O) groups is 1. The number of hydrogen-bond donors (Lipinski definition) is 1. The highest BCUT2D eigenvalue weighted by Gasteiger charge is 2.23. The number of amides is 1. The van der Waals surface area contributed by atoms with E-state index < -0.39 is 0 Å². The zero-order chi connectivity index (χ0) is 15.6. The number of likely N-dealkylation sites (N-methyl/N-ethyl adjacent to an activating group) is 1. The first-order chi connectivity index (χ1) is 9.91. The van der Waals surface area contributed by atoms with Gasteiger partial charge in [-0.05, 0) is 26.0 Å². The minimum Gasteiger partial charge on any atom is -0.493 e. The quantitative estimate of drug-likeness (QED) is 0.680. The summed E-state index contributed by atoms with van der Waals surface area (Å²) in [5, 5.41) is 19.3. The maximum Gasteiger partial charge on any atom is 0.275 e. The van der Waals surface area contributed by atoms with E-state index in [1.54, 1.807) is 51.4 Å². The van der Waals surface area contributed by atoms with Crippen LogP contribution in [0.4, 0.5) is 0 Å². The van der Waals surface area contributed by atoms with Crippen molar-refractivity contribution < 1.29 is 9.90 Å². The van der Waals surface area contributed by atoms with E-state index in [0.717, 1.165) is 5.69 Å². The number of allylic oxidation sites excluding steroid dienone is 4. The van der Waals surface area contributed by atoms with Gasteiger partial charge in [0.05, 0.1) is 22.5 Å². The van der Waals surface area contributed by atoms with Crippen LogP contribution < -0.4 is 0 Å². The van der Waals surface area contributed by atoms with Crippen molar-refractivity contribution in [2.75, 3.05) is 7.05 Å². The van der Waals surface area contributed by atoms with Crippen LogP contribution in [-0.2, 0) is 11.8 Å². The van der Waals surface area contributed by atoms with Gasteiger partial charge < -0.3 is 5.11 Å². The predicted octanol–water partition coefficient (Wildman–Crippen LogP) is 1.78. The molecule has 2 rings (SSSR count). The van der Waals surface area contributed by atoms with Gasteiger partial charge >= 0.3 is 0 Å². The van der Waals surface area contributed by atoms with Crippen LogP contribution >= 0.6 is 0 Å². The SMILES string of the molecule is CC1=NN(C)C(=O)C1=CC=CC=Cc1c(C)nn(C)c1O. The maximum absolute atomic E-state index is 11.7. The first kappa shape index (κ1) is 14.8. The largest absolute Gasteiger partial charge is 0.493 e. The van der Waals surface area contributed by atoms with E-state index in [-0.39, 0.29) is 11.8 Å². The Morgan fingerprint density at radius 1 is 1.14 bits per heavy atom. The average Bonchev–Trinajstić information content (AvgIpc) is 2.80. The summed E-state index contributed by atoms with van der Waals surface area (Å²) in [6.07, 6.45) is 8.85. The van der Waals surface area contributed by atoms with E-state index in [9.17, 15) is 9.90 Å². The van der Waals surface area contributed by atoms with E-state index in [4.69, 9.17) is 0 Å². The van der Waals surface area contributed by atoms with Crippen LogP contribution in [0, 0.1) is 6.92 Å². The first-order valence-electron chi connectivity index (χ1n) is 6.53. The third-order valence-electron chi connectivity index (χ3n) is 3.20. The highest BCUT2D eigenvalue weighted by molar-refractivity contribution is 6.23. The molecule has 0 aromatic carbocycles. The summed E-state index contributed by atoms with van der Waals surface area (Å²) in [5.74, 6) is 0.0213. The molecule has 0 atom stereocenters. The molecule has 1 aliphatic rings. The zero-order valence-corrected chi connectivity index (χ0v) is 12.5. The maximum atomic E-state index is 11.7. The predicted molar refractivity (Wildman–Crippen MR) is 81.7 cm³/mol. The Kier molecular flexibility index (Phi) is 4.07. The molecule has 1 aliphatic heterocycles. The van der Waals surface area contributed by atoms with Crippen LogP contribution in [0.25, 0.3) is 6.08 Å². The van der Waals surface area contributed by atoms with Gasteiger partial charge in [-0.1, -0.05) is 18.2 Å². The molecule has 1 N–H and O–H groups in total. The van der Waals surface area contributed by atoms with Crippen molar-refractivity contribution in [3.63, 3.8) is 0 Å². The second-order valence-corrected chi connectivity index (χ2v) is 4.78. The number of rotatable bonds is 3. The monoisotopic (exact) mass is 286 g/mol. The topological polar surface area (TPSA) is 70.7 Å². The van der Waals surface area contributed by atoms with Gasteiger partial charge in [-0.3, -0.25) is 4.79 Å². The number of hydrogen-bond acceptors (Lipinski definition) is 4. The van der Waals surface area contributed by atoms with Gasteiger partial charge in [0, 0.05) is 14.1 Å². The van der Waals surface area contributed by atoms with Crippen LogP contribution in [0.2, 0.25) is 0 Å². The Bertz CT molecular complexity index is 693. The third kappa shape index (κ3) is 2.94. The molecule has 0 unspecified atom stereocenters. The van der Waals surface area contributed by atoms with Gasteiger partial charge in [0.2, 0.25) is 5.88 Å². The molecule has 0 bridgehead atoms. The summed E-state index contributed by atoms with van der Waals surface area (Å²) in [5.41, 5.74) is 2.73. The van der Waals surface area contributed by atoms with Gasteiger partial charge in [-0.25, -0.2) is 9.69 Å². The molecule has 0 radical (unpaired) electrons. The Labute approximate surface area is 123 Å². The number of nitrogens with zero attached hydrogens (tertiary/aromatic N) is 4. The molecule has 21 heavy (non-hydrogen) atoms. The van der Waals surface area contributed by atoms with E-state index in [0.29, 0.717) is 16.8 Å². The molecule has 1 amide bonds. The summed E-state index contributed by atoms with van der Waals surface area (Å²) in [6.45, 7) is 3.63. The average molecular weight is 286 g/mol. The molecule has 6 heteroatoms. The van der Waals surface area contributed by atoms with Crippen molar-refractivity contribution in [1.82, 2.24) is 14.8 Å². The Morgan fingerprint density at radius 3 is 2.38 bits per heavy atom. The molecule has 0 saturated carbocycles. The van der Waals surface area contributed by atoms with Crippen LogP contribution in [-0.4, -0.2) is 38.6 Å². The lowest BCUT2D eigenvalue weighted by Crippen LogP contribution is -2.16. The van der Waals surface area contributed by atoms with Crippen molar-refractivity contribution in [1.29, 1.82) is 0 Å². The summed E-state index contributed by atoms with van der Waals surface area (Å²) >= 11 is 0. The molecule has 6 nitrogen and oxygen atoms in total. The molecule has 0 aliphatic carbocycles. The highest BCUT2D eigenvalue weighted by atomic mass is 16.3. The summed E-state index contributed by atoms with van der Waals surface area (Å²) < 4.78 is 1.42. The lowest BCUT2D eigenvalue weighted by atomic mass is 10.1. The summed E-state index contributed by atoms with van der Waals surface area (Å²) in [7, 11) is 3.31. The van der Waals surface area contributed by atoms with Gasteiger partial charge in [0.15, 0.2) is 0 Å². The Balaban J connectivity index is 2.08. The molecule has 1 aromatic heterocycles. The normalized spacial score (nSPS) is 17.7. The Morgan fingerprint density at radius 2 is 1.86 bits per heavy atom. The van der Waals surface area contributed by atoms with E-state index in [1.807, 2.05) is 6.92 Å². The third-order valence-corrected chi connectivity index (χ3v) is 3.20. The van der Waals surface area contributed by atoms with Crippen LogP contribution in [0.15, 0.2) is 35.0 Å². The molecule has 2 heterocycles. The van der Waals surface area contributed by atoms with Crippen molar-refractivity contribution in [2.24, 2.45) is 12.1 Å². The molecule has 0 fully saturated rings. The van der Waals surface area contributed by atoms with E-state index >= 15 is 0 Å². The minimum absolute atomic E-state index is 0.109. The van der Waals surface area contributed by atoms with Crippen LogP contribution in [0.1, 0.15) is 18.2 Å². The van der Waals surface area contributed by atoms with E-state index in [1.165, 1.54) is 9.69 Å². The summed E-state index contributed by atoms with van der Waals surface area (Å²) in [6, 6.07) is 0. The zero-order valence-electron chi connectivity index (χ0n) is 12.5. The van der Waals surface area contributed by atoms with E-state index in [2.05, 4.69) is 10.2 Å². The lowest BCUT2D eigenvalue weighted by molar-refractivity contribution is -0.124. The number of carbonyl (C=O) groups excluding carboxylic acids is 1. The van der Waals surface area contributed by atoms with Crippen molar-refractivity contribution >= 4 is 17.7 Å². The van der Waals surface area contributed by atoms with Gasteiger partial charge in [0.25, 0.3) is 5.91 Å². The fourth-order valence-corrected chi connectivity index (χ4v) is 2.07. The second-order valence-electron chi connectivity index (χ2n) is 4.78. The standard InChI is InChI=1S/C15H18N4O2/c1-10-12(14(20)18(3)16-10)8-6-5-7-9-13-11(2)17-19(4)15(13)21/h5-9,20H,1-4H3. The Hall–Kier alpha value is -2.63. The first-order valence-corrected chi connectivity index (χ1v) is 6.53.